The zero-order chi connectivity index (χ0) is 13.6. The summed E-state index contributed by atoms with van der Waals surface area (Å²) >= 11 is 18.5. The number of hydrogen-bond acceptors (Lipinski definition) is 1. The molecule has 0 amide bonds. The molecule has 1 heterocycles. The molecule has 3 rings (SSSR count). The summed E-state index contributed by atoms with van der Waals surface area (Å²) in [6, 6.07) is 9.30. The average Bonchev–Trinajstić information content (AvgIpc) is 2.68. The Hall–Kier alpha value is -0.890. The van der Waals surface area contributed by atoms with Gasteiger partial charge in [-0.3, -0.25) is 0 Å². The van der Waals surface area contributed by atoms with Crippen molar-refractivity contribution in [3.05, 3.63) is 57.9 Å². The minimum atomic E-state index is -0.0685. The van der Waals surface area contributed by atoms with Crippen LogP contribution in [0.5, 0.6) is 5.75 Å². The lowest BCUT2D eigenvalue weighted by Crippen LogP contribution is -2.06. The lowest BCUT2D eigenvalue weighted by atomic mass is 10.0. The maximum absolute atomic E-state index is 6.27. The van der Waals surface area contributed by atoms with Crippen LogP contribution >= 0.6 is 34.8 Å². The highest BCUT2D eigenvalue weighted by Crippen LogP contribution is 2.45. The molecule has 0 N–H and O–H groups in total. The predicted molar refractivity (Wildman–Crippen MR) is 80.4 cm³/mol. The van der Waals surface area contributed by atoms with Crippen molar-refractivity contribution >= 4 is 34.8 Å². The van der Waals surface area contributed by atoms with Gasteiger partial charge in [-0.2, -0.15) is 0 Å². The third kappa shape index (κ3) is 2.31. The van der Waals surface area contributed by atoms with E-state index in [4.69, 9.17) is 39.5 Å². The average molecular weight is 313 g/mol. The molecule has 0 saturated carbocycles. The molecule has 1 nitrogen and oxygen atoms in total. The highest BCUT2D eigenvalue weighted by molar-refractivity contribution is 6.42. The van der Waals surface area contributed by atoms with Crippen molar-refractivity contribution in [2.75, 3.05) is 0 Å². The molecule has 1 radical (unpaired) electrons. The number of hydrogen-bond donors (Lipinski definition) is 0. The third-order valence-corrected chi connectivity index (χ3v) is 3.92. The fourth-order valence-electron chi connectivity index (χ4n) is 2.33. The second-order valence-corrected chi connectivity index (χ2v) is 5.73. The van der Waals surface area contributed by atoms with E-state index in [1.54, 1.807) is 12.1 Å². The van der Waals surface area contributed by atoms with Gasteiger partial charge in [0.25, 0.3) is 0 Å². The Morgan fingerprint density at radius 1 is 1.11 bits per heavy atom. The summed E-state index contributed by atoms with van der Waals surface area (Å²) in [6.45, 7) is 3.94. The van der Waals surface area contributed by atoms with E-state index in [9.17, 15) is 0 Å². The standard InChI is InChI=1S/C15H10Cl3O/c1-8-5-9-3-2-4-11(15(9)19-8)14-12(17)6-10(16)7-13(14)18/h2-4,6-8H,1,5H2. The van der Waals surface area contributed by atoms with Crippen molar-refractivity contribution in [3.8, 4) is 16.9 Å². The zero-order valence-corrected chi connectivity index (χ0v) is 12.2. The molecule has 19 heavy (non-hydrogen) atoms. The largest absolute Gasteiger partial charge is 0.489 e. The van der Waals surface area contributed by atoms with E-state index in [1.165, 1.54) is 0 Å². The Balaban J connectivity index is 2.22. The Labute approximate surface area is 127 Å². The fraction of sp³-hybridized carbons (Fsp3) is 0.133. The van der Waals surface area contributed by atoms with Crippen molar-refractivity contribution in [1.82, 2.24) is 0 Å². The molecule has 0 bridgehead atoms. The van der Waals surface area contributed by atoms with Crippen molar-refractivity contribution in [1.29, 1.82) is 0 Å². The summed E-state index contributed by atoms with van der Waals surface area (Å²) in [6.07, 6.45) is 0.729. The van der Waals surface area contributed by atoms with Gasteiger partial charge in [0.05, 0.1) is 10.0 Å². The molecule has 0 saturated heterocycles. The minimum Gasteiger partial charge on any atom is -0.489 e. The van der Waals surface area contributed by atoms with Gasteiger partial charge in [-0.05, 0) is 24.6 Å². The molecule has 2 aromatic carbocycles. The van der Waals surface area contributed by atoms with Crippen LogP contribution < -0.4 is 4.74 Å². The van der Waals surface area contributed by atoms with E-state index < -0.39 is 0 Å². The van der Waals surface area contributed by atoms with Gasteiger partial charge in [0.1, 0.15) is 11.9 Å². The first-order valence-electron chi connectivity index (χ1n) is 5.83. The summed E-state index contributed by atoms with van der Waals surface area (Å²) in [5.41, 5.74) is 2.76. The van der Waals surface area contributed by atoms with Gasteiger partial charge in [0.15, 0.2) is 0 Å². The van der Waals surface area contributed by atoms with Gasteiger partial charge >= 0.3 is 0 Å². The number of rotatable bonds is 1. The maximum Gasteiger partial charge on any atom is 0.130 e. The topological polar surface area (TPSA) is 9.23 Å². The van der Waals surface area contributed by atoms with E-state index in [0.29, 0.717) is 15.1 Å². The second-order valence-electron chi connectivity index (χ2n) is 4.48. The van der Waals surface area contributed by atoms with Crippen LogP contribution in [0.25, 0.3) is 11.1 Å². The summed E-state index contributed by atoms with van der Waals surface area (Å²) in [4.78, 5) is 0. The summed E-state index contributed by atoms with van der Waals surface area (Å²) in [5.74, 6) is 0.814. The number of fused-ring (bicyclic) bond motifs is 1. The molecule has 1 aliphatic rings. The van der Waals surface area contributed by atoms with Crippen LogP contribution in [0.3, 0.4) is 0 Å². The van der Waals surface area contributed by atoms with Crippen LogP contribution in [-0.4, -0.2) is 6.10 Å². The van der Waals surface area contributed by atoms with E-state index >= 15 is 0 Å². The number of benzene rings is 2. The van der Waals surface area contributed by atoms with Crippen LogP contribution in [-0.2, 0) is 6.42 Å². The van der Waals surface area contributed by atoms with Gasteiger partial charge in [-0.1, -0.05) is 53.0 Å². The third-order valence-electron chi connectivity index (χ3n) is 3.10. The Bertz CT molecular complexity index is 629. The lowest BCUT2D eigenvalue weighted by Gasteiger charge is -2.12. The Kier molecular flexibility index (Phi) is 3.38. The molecule has 0 fully saturated rings. The smallest absolute Gasteiger partial charge is 0.130 e. The molecule has 1 aliphatic heterocycles. The van der Waals surface area contributed by atoms with Gasteiger partial charge in [-0.15, -0.1) is 0 Å². The molecule has 1 unspecified atom stereocenters. The first-order valence-corrected chi connectivity index (χ1v) is 6.96. The van der Waals surface area contributed by atoms with Gasteiger partial charge < -0.3 is 4.74 Å². The van der Waals surface area contributed by atoms with Crippen LogP contribution in [0.15, 0.2) is 30.3 Å². The van der Waals surface area contributed by atoms with Gasteiger partial charge in [0, 0.05) is 22.6 Å². The second kappa shape index (κ2) is 4.90. The van der Waals surface area contributed by atoms with Crippen LogP contribution in [0, 0.1) is 6.92 Å². The molecule has 4 heteroatoms. The predicted octanol–water partition coefficient (Wildman–Crippen LogP) is 5.45. The van der Waals surface area contributed by atoms with Gasteiger partial charge in [0.2, 0.25) is 0 Å². The quantitative estimate of drug-likeness (QED) is 0.680. The maximum atomic E-state index is 6.27. The minimum absolute atomic E-state index is 0.0685. The highest BCUT2D eigenvalue weighted by atomic mass is 35.5. The van der Waals surface area contributed by atoms with Crippen LogP contribution in [0.4, 0.5) is 0 Å². The van der Waals surface area contributed by atoms with Gasteiger partial charge in [-0.25, -0.2) is 0 Å². The Morgan fingerprint density at radius 2 is 1.79 bits per heavy atom. The van der Waals surface area contributed by atoms with E-state index in [-0.39, 0.29) is 6.10 Å². The van der Waals surface area contributed by atoms with E-state index in [2.05, 4.69) is 6.92 Å². The first kappa shape index (κ1) is 13.1. The molecule has 2 aromatic rings. The van der Waals surface area contributed by atoms with Crippen molar-refractivity contribution in [3.63, 3.8) is 0 Å². The van der Waals surface area contributed by atoms with Crippen LogP contribution in [0.2, 0.25) is 15.1 Å². The zero-order valence-electron chi connectivity index (χ0n) is 9.92. The lowest BCUT2D eigenvalue weighted by molar-refractivity contribution is 0.282. The molecular weight excluding hydrogens is 303 g/mol. The summed E-state index contributed by atoms with van der Waals surface area (Å²) in [5, 5.41) is 1.55. The molecule has 1 atom stereocenters. The number of ether oxygens (including phenoxy) is 1. The monoisotopic (exact) mass is 311 g/mol. The Morgan fingerprint density at radius 3 is 2.47 bits per heavy atom. The number of para-hydroxylation sites is 1. The highest BCUT2D eigenvalue weighted by Gasteiger charge is 2.24. The van der Waals surface area contributed by atoms with Crippen LogP contribution in [0.1, 0.15) is 5.56 Å². The van der Waals surface area contributed by atoms with Crippen molar-refractivity contribution in [2.24, 2.45) is 0 Å². The molecule has 0 spiro atoms. The molecule has 97 valence electrons. The molecular formula is C15H10Cl3O. The van der Waals surface area contributed by atoms with Crippen molar-refractivity contribution in [2.45, 2.75) is 12.5 Å². The molecule has 0 aliphatic carbocycles. The fourth-order valence-corrected chi connectivity index (χ4v) is 3.36. The summed E-state index contributed by atoms with van der Waals surface area (Å²) in [7, 11) is 0. The van der Waals surface area contributed by atoms with E-state index in [0.717, 1.165) is 28.9 Å². The molecule has 0 aromatic heterocycles. The first-order chi connectivity index (χ1) is 9.06. The number of halogens is 3. The normalized spacial score (nSPS) is 17.2. The van der Waals surface area contributed by atoms with Crippen molar-refractivity contribution < 1.29 is 4.74 Å². The SMILES string of the molecule is [CH2]C1Cc2cccc(-c3c(Cl)cc(Cl)cc3Cl)c2O1. The summed E-state index contributed by atoms with van der Waals surface area (Å²) < 4.78 is 5.77. The van der Waals surface area contributed by atoms with E-state index in [1.807, 2.05) is 18.2 Å².